The third-order valence-electron chi connectivity index (χ3n) is 5.23. The lowest BCUT2D eigenvalue weighted by Crippen LogP contribution is -2.26. The molecule has 1 aromatic heterocycles. The number of cyclic esters (lactones) is 1. The van der Waals surface area contributed by atoms with Gasteiger partial charge in [0, 0.05) is 12.5 Å². The van der Waals surface area contributed by atoms with Crippen molar-refractivity contribution in [2.75, 3.05) is 13.7 Å². The largest absolute Gasteiger partial charge is 0.496 e. The minimum atomic E-state index is -0.710. The molecule has 2 fully saturated rings. The molecule has 25 heavy (non-hydrogen) atoms. The van der Waals surface area contributed by atoms with Gasteiger partial charge in [0.25, 0.3) is 0 Å². The van der Waals surface area contributed by atoms with Crippen LogP contribution in [0.25, 0.3) is 11.0 Å². The summed E-state index contributed by atoms with van der Waals surface area (Å²) in [6, 6.07) is 1.75. The smallest absolute Gasteiger partial charge is 0.351 e. The Morgan fingerprint density at radius 3 is 2.92 bits per heavy atom. The summed E-state index contributed by atoms with van der Waals surface area (Å²) in [5.74, 6) is 0.208. The van der Waals surface area contributed by atoms with Crippen LogP contribution in [-0.2, 0) is 20.6 Å². The summed E-state index contributed by atoms with van der Waals surface area (Å²) in [5.41, 5.74) is 0.941. The van der Waals surface area contributed by atoms with Crippen molar-refractivity contribution in [1.29, 1.82) is 0 Å². The molecule has 8 nitrogen and oxygen atoms in total. The van der Waals surface area contributed by atoms with Crippen LogP contribution in [0.5, 0.6) is 11.5 Å². The van der Waals surface area contributed by atoms with Gasteiger partial charge in [-0.1, -0.05) is 0 Å². The van der Waals surface area contributed by atoms with E-state index in [4.69, 9.17) is 28.1 Å². The maximum absolute atomic E-state index is 12.5. The Morgan fingerprint density at radius 1 is 1.20 bits per heavy atom. The molecule has 4 aliphatic rings. The lowest BCUT2D eigenvalue weighted by Gasteiger charge is -2.19. The van der Waals surface area contributed by atoms with E-state index in [1.54, 1.807) is 6.07 Å². The van der Waals surface area contributed by atoms with Gasteiger partial charge in [0.2, 0.25) is 6.29 Å². The Hall–Kier alpha value is -2.58. The predicted octanol–water partition coefficient (Wildman–Crippen LogP) is 1.07. The van der Waals surface area contributed by atoms with Crippen LogP contribution in [-0.4, -0.2) is 38.4 Å². The SMILES string of the molecule is COc1cc2c(c3oc(=O)c4c(c13)CCOC4=O)C1C(O2)OC2OC21. The zero-order valence-electron chi connectivity index (χ0n) is 13.1. The second kappa shape index (κ2) is 4.33. The average Bonchev–Trinajstić information content (AvgIpc) is 3.11. The molecular weight excluding hydrogens is 332 g/mol. The standard InChI is InChI=1S/C17H12O8/c1-20-6-4-7-10(11-13-17(24-13)25-16(11)22-7)12-8(6)5-2-3-21-14(18)9(5)15(19)23-12/h4,11,13,16-17H,2-3H2,1H3. The quantitative estimate of drug-likeness (QED) is 0.431. The molecule has 0 saturated carbocycles. The van der Waals surface area contributed by atoms with Crippen molar-refractivity contribution in [3.8, 4) is 11.5 Å². The molecule has 2 saturated heterocycles. The molecule has 0 N–H and O–H groups in total. The van der Waals surface area contributed by atoms with E-state index < -0.39 is 17.9 Å². The number of hydrogen-bond acceptors (Lipinski definition) is 8. The third kappa shape index (κ3) is 1.58. The van der Waals surface area contributed by atoms with Crippen molar-refractivity contribution >= 4 is 16.9 Å². The number of hydrogen-bond donors (Lipinski definition) is 0. The second-order valence-corrected chi connectivity index (χ2v) is 6.44. The van der Waals surface area contributed by atoms with E-state index >= 15 is 0 Å². The van der Waals surface area contributed by atoms with Crippen LogP contribution in [0, 0.1) is 0 Å². The number of esters is 1. The first-order valence-corrected chi connectivity index (χ1v) is 8.02. The lowest BCUT2D eigenvalue weighted by atomic mass is 9.92. The lowest BCUT2D eigenvalue weighted by molar-refractivity contribution is -0.109. The van der Waals surface area contributed by atoms with Gasteiger partial charge in [0.1, 0.15) is 28.7 Å². The normalized spacial score (nSPS) is 30.8. The first-order valence-electron chi connectivity index (χ1n) is 8.02. The van der Waals surface area contributed by atoms with E-state index in [0.29, 0.717) is 34.5 Å². The summed E-state index contributed by atoms with van der Waals surface area (Å²) in [7, 11) is 1.52. The molecule has 1 aromatic carbocycles. The van der Waals surface area contributed by atoms with Crippen LogP contribution in [0.3, 0.4) is 0 Å². The maximum atomic E-state index is 12.5. The Kier molecular flexibility index (Phi) is 2.37. The van der Waals surface area contributed by atoms with Crippen LogP contribution in [0.2, 0.25) is 0 Å². The maximum Gasteiger partial charge on any atom is 0.351 e. The molecule has 128 valence electrons. The Morgan fingerprint density at radius 2 is 2.08 bits per heavy atom. The van der Waals surface area contributed by atoms with Crippen LogP contribution >= 0.6 is 0 Å². The molecule has 5 heterocycles. The van der Waals surface area contributed by atoms with Gasteiger partial charge in [-0.05, 0) is 5.56 Å². The fourth-order valence-corrected chi connectivity index (χ4v) is 4.13. The zero-order valence-corrected chi connectivity index (χ0v) is 13.1. The monoisotopic (exact) mass is 344 g/mol. The summed E-state index contributed by atoms with van der Waals surface area (Å²) in [6.45, 7) is 0.212. The number of fused-ring (bicyclic) bond motifs is 9. The topological polar surface area (TPSA) is 96.7 Å². The molecule has 0 aliphatic carbocycles. The zero-order chi connectivity index (χ0) is 16.9. The van der Waals surface area contributed by atoms with Crippen LogP contribution in [0.15, 0.2) is 15.3 Å². The van der Waals surface area contributed by atoms with Crippen molar-refractivity contribution in [3.05, 3.63) is 33.2 Å². The first kappa shape index (κ1) is 13.7. The van der Waals surface area contributed by atoms with Crippen molar-refractivity contribution < 1.29 is 32.9 Å². The van der Waals surface area contributed by atoms with Gasteiger partial charge in [-0.2, -0.15) is 0 Å². The van der Waals surface area contributed by atoms with Crippen molar-refractivity contribution in [3.63, 3.8) is 0 Å². The van der Waals surface area contributed by atoms with Gasteiger partial charge in [-0.15, -0.1) is 0 Å². The Bertz CT molecular complexity index is 1020. The predicted molar refractivity (Wildman–Crippen MR) is 79.9 cm³/mol. The Balaban J connectivity index is 1.73. The van der Waals surface area contributed by atoms with E-state index in [9.17, 15) is 9.59 Å². The molecule has 0 radical (unpaired) electrons. The highest BCUT2D eigenvalue weighted by molar-refractivity contribution is 6.01. The van der Waals surface area contributed by atoms with E-state index in [1.807, 2.05) is 0 Å². The van der Waals surface area contributed by atoms with Crippen LogP contribution < -0.4 is 15.1 Å². The van der Waals surface area contributed by atoms with E-state index in [-0.39, 0.29) is 30.5 Å². The number of carbonyl (C=O) groups is 1. The number of methoxy groups -OCH3 is 1. The highest BCUT2D eigenvalue weighted by Crippen LogP contribution is 2.57. The fraction of sp³-hybridized carbons (Fsp3) is 0.412. The second-order valence-electron chi connectivity index (χ2n) is 6.44. The molecule has 4 unspecified atom stereocenters. The fourth-order valence-electron chi connectivity index (χ4n) is 4.13. The molecule has 0 bridgehead atoms. The first-order chi connectivity index (χ1) is 12.2. The van der Waals surface area contributed by atoms with Crippen LogP contribution in [0.1, 0.15) is 27.4 Å². The van der Waals surface area contributed by atoms with E-state index in [2.05, 4.69) is 0 Å². The van der Waals surface area contributed by atoms with E-state index in [1.165, 1.54) is 7.11 Å². The van der Waals surface area contributed by atoms with Gasteiger partial charge in [-0.3, -0.25) is 0 Å². The number of epoxide rings is 1. The molecular formula is C17H12O8. The highest BCUT2D eigenvalue weighted by Gasteiger charge is 2.63. The van der Waals surface area contributed by atoms with Crippen molar-refractivity contribution in [2.45, 2.75) is 31.0 Å². The third-order valence-corrected chi connectivity index (χ3v) is 5.23. The van der Waals surface area contributed by atoms with Gasteiger partial charge < -0.3 is 28.1 Å². The van der Waals surface area contributed by atoms with E-state index in [0.717, 1.165) is 5.56 Å². The van der Waals surface area contributed by atoms with Gasteiger partial charge >= 0.3 is 11.6 Å². The molecule has 6 rings (SSSR count). The number of rotatable bonds is 1. The van der Waals surface area contributed by atoms with Gasteiger partial charge in [0.15, 0.2) is 6.29 Å². The Labute approximate surface area is 140 Å². The average molecular weight is 344 g/mol. The molecule has 4 atom stereocenters. The number of carbonyl (C=O) groups excluding carboxylic acids is 1. The minimum absolute atomic E-state index is 0.0596. The molecule has 0 amide bonds. The summed E-state index contributed by atoms with van der Waals surface area (Å²) >= 11 is 0. The number of ether oxygens (including phenoxy) is 5. The highest BCUT2D eigenvalue weighted by atomic mass is 16.8. The molecule has 4 aliphatic heterocycles. The summed E-state index contributed by atoms with van der Waals surface area (Å²) in [5, 5.41) is 0.612. The summed E-state index contributed by atoms with van der Waals surface area (Å²) < 4.78 is 33.0. The molecule has 8 heteroatoms. The number of benzene rings is 1. The van der Waals surface area contributed by atoms with Gasteiger partial charge in [0.05, 0.1) is 30.6 Å². The molecule has 2 aromatic rings. The summed E-state index contributed by atoms with van der Waals surface area (Å²) in [6.07, 6.45) is -0.402. The van der Waals surface area contributed by atoms with Crippen LogP contribution in [0.4, 0.5) is 0 Å². The molecule has 0 spiro atoms. The summed E-state index contributed by atoms with van der Waals surface area (Å²) in [4.78, 5) is 24.5. The van der Waals surface area contributed by atoms with Crippen molar-refractivity contribution in [1.82, 2.24) is 0 Å². The van der Waals surface area contributed by atoms with Gasteiger partial charge in [-0.25, -0.2) is 9.59 Å². The minimum Gasteiger partial charge on any atom is -0.496 e. The van der Waals surface area contributed by atoms with Crippen molar-refractivity contribution in [2.24, 2.45) is 0 Å².